The summed E-state index contributed by atoms with van der Waals surface area (Å²) in [6, 6.07) is 8.10. The number of anilines is 2. The number of aliphatic imine (C=N–C) groups is 1. The van der Waals surface area contributed by atoms with Crippen LogP contribution in [0.2, 0.25) is 0 Å². The lowest BCUT2D eigenvalue weighted by Crippen LogP contribution is -2.34. The van der Waals surface area contributed by atoms with Crippen LogP contribution in [-0.4, -0.2) is 31.5 Å². The van der Waals surface area contributed by atoms with Gasteiger partial charge >= 0.3 is 0 Å². The van der Waals surface area contributed by atoms with Crippen LogP contribution in [0.1, 0.15) is 18.1 Å². The number of rotatable bonds is 3. The molecule has 1 aliphatic rings. The number of nitrogens with zero attached hydrogens (tertiary/aromatic N) is 3. The molecule has 0 saturated heterocycles. The highest BCUT2D eigenvalue weighted by molar-refractivity contribution is 6.12. The molecule has 0 amide bonds. The molecular weight excluding hydrogens is 312 g/mol. The molecular formula is C20H24N4O. The van der Waals surface area contributed by atoms with Gasteiger partial charge in [0, 0.05) is 49.2 Å². The zero-order chi connectivity index (χ0) is 18.0. The maximum atomic E-state index is 5.38. The second kappa shape index (κ2) is 6.97. The van der Waals surface area contributed by atoms with Gasteiger partial charge in [0.05, 0.1) is 18.5 Å². The predicted octanol–water partition coefficient (Wildman–Crippen LogP) is 3.97. The Kier molecular flexibility index (Phi) is 4.74. The highest BCUT2D eigenvalue weighted by Crippen LogP contribution is 2.38. The molecule has 25 heavy (non-hydrogen) atoms. The van der Waals surface area contributed by atoms with Crippen molar-refractivity contribution in [2.75, 3.05) is 30.9 Å². The molecule has 0 bridgehead atoms. The number of hydrogen-bond acceptors (Lipinski definition) is 4. The van der Waals surface area contributed by atoms with Crippen molar-refractivity contribution >= 4 is 22.9 Å². The van der Waals surface area contributed by atoms with Crippen molar-refractivity contribution in [2.45, 2.75) is 13.8 Å². The van der Waals surface area contributed by atoms with Gasteiger partial charge in [-0.15, -0.1) is 0 Å². The number of methoxy groups -OCH3 is 1. The number of aryl methyl sites for hydroxylation is 1. The molecule has 2 aromatic rings. The molecule has 0 radical (unpaired) electrons. The average Bonchev–Trinajstić information content (AvgIpc) is 2.76. The molecule has 0 fully saturated rings. The van der Waals surface area contributed by atoms with E-state index in [1.807, 2.05) is 44.6 Å². The van der Waals surface area contributed by atoms with Crippen molar-refractivity contribution in [2.24, 2.45) is 10.9 Å². The Morgan fingerprint density at radius 3 is 2.84 bits per heavy atom. The van der Waals surface area contributed by atoms with Gasteiger partial charge in [0.1, 0.15) is 11.6 Å². The molecule has 5 nitrogen and oxygen atoms in total. The predicted molar refractivity (Wildman–Crippen MR) is 104 cm³/mol. The zero-order valence-corrected chi connectivity index (χ0v) is 15.2. The van der Waals surface area contributed by atoms with E-state index in [0.717, 1.165) is 46.3 Å². The lowest BCUT2D eigenvalue weighted by Gasteiger charge is -2.29. The van der Waals surface area contributed by atoms with Crippen LogP contribution < -0.4 is 15.0 Å². The van der Waals surface area contributed by atoms with Gasteiger partial charge in [-0.25, -0.2) is 0 Å². The molecule has 0 aliphatic carbocycles. The molecule has 1 unspecified atom stereocenters. The highest BCUT2D eigenvalue weighted by atomic mass is 16.5. The Hall–Kier alpha value is -2.82. The Labute approximate surface area is 149 Å². The number of benzene rings is 1. The minimum Gasteiger partial charge on any atom is -0.497 e. The third-order valence-corrected chi connectivity index (χ3v) is 4.42. The van der Waals surface area contributed by atoms with E-state index in [9.17, 15) is 0 Å². The largest absolute Gasteiger partial charge is 0.497 e. The summed E-state index contributed by atoms with van der Waals surface area (Å²) < 4.78 is 5.38. The first kappa shape index (κ1) is 17.0. The zero-order valence-electron chi connectivity index (χ0n) is 15.2. The van der Waals surface area contributed by atoms with E-state index in [4.69, 9.17) is 4.74 Å². The van der Waals surface area contributed by atoms with Gasteiger partial charge in [0.2, 0.25) is 0 Å². The summed E-state index contributed by atoms with van der Waals surface area (Å²) in [7, 11) is 3.50. The van der Waals surface area contributed by atoms with Gasteiger partial charge in [0.25, 0.3) is 0 Å². The quantitative estimate of drug-likeness (QED) is 0.921. The summed E-state index contributed by atoms with van der Waals surface area (Å²) in [5, 5.41) is 3.50. The van der Waals surface area contributed by atoms with E-state index in [2.05, 4.69) is 39.8 Å². The first-order valence-corrected chi connectivity index (χ1v) is 8.34. The highest BCUT2D eigenvalue weighted by Gasteiger charge is 2.28. The number of aromatic nitrogens is 1. The van der Waals surface area contributed by atoms with E-state index in [1.54, 1.807) is 7.11 Å². The van der Waals surface area contributed by atoms with Crippen LogP contribution in [0.25, 0.3) is 5.70 Å². The van der Waals surface area contributed by atoms with Crippen LogP contribution in [0.5, 0.6) is 5.75 Å². The van der Waals surface area contributed by atoms with Gasteiger partial charge in [-0.3, -0.25) is 14.9 Å². The molecule has 1 N–H and O–H groups in total. The second-order valence-corrected chi connectivity index (χ2v) is 6.28. The van der Waals surface area contributed by atoms with Crippen LogP contribution in [-0.2, 0) is 0 Å². The first-order chi connectivity index (χ1) is 12.0. The fraction of sp³-hybridized carbons (Fsp3) is 0.300. The van der Waals surface area contributed by atoms with Gasteiger partial charge < -0.3 is 10.1 Å². The van der Waals surface area contributed by atoms with Gasteiger partial charge in [-0.1, -0.05) is 13.5 Å². The van der Waals surface area contributed by atoms with Crippen molar-refractivity contribution in [3.8, 4) is 5.75 Å². The average molecular weight is 336 g/mol. The van der Waals surface area contributed by atoms with Crippen LogP contribution in [0.15, 0.2) is 48.2 Å². The maximum absolute atomic E-state index is 5.38. The number of nitrogens with one attached hydrogen (secondary N) is 1. The molecule has 1 aliphatic heterocycles. The minimum absolute atomic E-state index is 0.234. The van der Waals surface area contributed by atoms with Crippen molar-refractivity contribution < 1.29 is 4.74 Å². The third kappa shape index (κ3) is 3.22. The smallest absolute Gasteiger partial charge is 0.121 e. The van der Waals surface area contributed by atoms with E-state index in [0.29, 0.717) is 0 Å². The number of amidine groups is 1. The van der Waals surface area contributed by atoms with Crippen LogP contribution >= 0.6 is 0 Å². The number of pyridine rings is 1. The van der Waals surface area contributed by atoms with Gasteiger partial charge in [0.15, 0.2) is 0 Å². The summed E-state index contributed by atoms with van der Waals surface area (Å²) in [4.78, 5) is 11.0. The molecule has 1 atom stereocenters. The molecule has 130 valence electrons. The Morgan fingerprint density at radius 1 is 1.36 bits per heavy atom. The Bertz CT molecular complexity index is 828. The monoisotopic (exact) mass is 336 g/mol. The molecule has 1 aromatic heterocycles. The van der Waals surface area contributed by atoms with E-state index < -0.39 is 0 Å². The second-order valence-electron chi connectivity index (χ2n) is 6.28. The summed E-state index contributed by atoms with van der Waals surface area (Å²) >= 11 is 0. The SMILES string of the molecule is C=C(c1cncc(C)c1)N1C(=NC)C(C)CNc2cc(OC)ccc21. The normalized spacial score (nSPS) is 18.3. The Balaban J connectivity index is 2.14. The topological polar surface area (TPSA) is 49.8 Å². The Morgan fingerprint density at radius 2 is 2.16 bits per heavy atom. The van der Waals surface area contributed by atoms with E-state index in [1.165, 1.54) is 0 Å². The number of hydrogen-bond donors (Lipinski definition) is 1. The van der Waals surface area contributed by atoms with Gasteiger partial charge in [-0.2, -0.15) is 0 Å². The number of fused-ring (bicyclic) bond motifs is 1. The van der Waals surface area contributed by atoms with Crippen molar-refractivity contribution in [3.05, 3.63) is 54.4 Å². The molecule has 0 spiro atoms. The molecule has 0 saturated carbocycles. The number of ether oxygens (including phenoxy) is 1. The molecule has 2 heterocycles. The summed E-state index contributed by atoms with van der Waals surface area (Å²) in [5.41, 5.74) is 4.96. The maximum Gasteiger partial charge on any atom is 0.121 e. The van der Waals surface area contributed by atoms with Crippen molar-refractivity contribution in [1.82, 2.24) is 4.98 Å². The van der Waals surface area contributed by atoms with Crippen LogP contribution in [0, 0.1) is 12.8 Å². The lowest BCUT2D eigenvalue weighted by molar-refractivity contribution is 0.415. The summed E-state index contributed by atoms with van der Waals surface area (Å²) in [6.45, 7) is 9.34. The van der Waals surface area contributed by atoms with Crippen LogP contribution in [0.4, 0.5) is 11.4 Å². The minimum atomic E-state index is 0.234. The fourth-order valence-electron chi connectivity index (χ4n) is 3.12. The summed E-state index contributed by atoms with van der Waals surface area (Å²) in [5.74, 6) is 2.03. The standard InChI is InChI=1S/C20H24N4O/c1-13-8-16(12-22-10-13)15(3)24-19-7-6-17(25-5)9-18(19)23-11-14(2)20(24)21-4/h6-10,12,14,23H,3,11H2,1-2,4-5H3. The van der Waals surface area contributed by atoms with Crippen LogP contribution in [0.3, 0.4) is 0 Å². The van der Waals surface area contributed by atoms with Crippen molar-refractivity contribution in [3.63, 3.8) is 0 Å². The third-order valence-electron chi connectivity index (χ3n) is 4.42. The first-order valence-electron chi connectivity index (χ1n) is 8.34. The molecule has 3 rings (SSSR count). The van der Waals surface area contributed by atoms with Crippen molar-refractivity contribution in [1.29, 1.82) is 0 Å². The van der Waals surface area contributed by atoms with E-state index >= 15 is 0 Å². The van der Waals surface area contributed by atoms with E-state index in [-0.39, 0.29) is 5.92 Å². The van der Waals surface area contributed by atoms with Gasteiger partial charge in [-0.05, 0) is 30.7 Å². The molecule has 5 heteroatoms. The lowest BCUT2D eigenvalue weighted by atomic mass is 10.1. The fourth-order valence-corrected chi connectivity index (χ4v) is 3.12. The summed E-state index contributed by atoms with van der Waals surface area (Å²) in [6.07, 6.45) is 3.69. The molecule has 1 aromatic carbocycles.